The van der Waals surface area contributed by atoms with Crippen LogP contribution in [0.25, 0.3) is 11.1 Å². The van der Waals surface area contributed by atoms with Crippen LogP contribution in [0.2, 0.25) is 0 Å². The minimum atomic E-state index is -1.49. The molecule has 0 spiro atoms. The summed E-state index contributed by atoms with van der Waals surface area (Å²) < 4.78 is 0. The molecule has 0 aliphatic rings. The van der Waals surface area contributed by atoms with Gasteiger partial charge in [0, 0.05) is 6.07 Å². The maximum absolute atomic E-state index is 11.1. The number of benzene rings is 2. The monoisotopic (exact) mass is 331 g/mol. The Hall–Kier alpha value is -3.75. The molecule has 3 N–H and O–H groups in total. The maximum Gasteiger partial charge on any atom is 0.342 e. The first-order valence-corrected chi connectivity index (χ1v) is 6.34. The number of carbonyl (C=O) groups is 3. The molecule has 0 bridgehead atoms. The van der Waals surface area contributed by atoms with Crippen LogP contribution in [0.4, 0.5) is 5.69 Å². The lowest BCUT2D eigenvalue weighted by Gasteiger charge is -2.07. The van der Waals surface area contributed by atoms with Gasteiger partial charge in [-0.15, -0.1) is 0 Å². The van der Waals surface area contributed by atoms with Crippen LogP contribution in [0, 0.1) is 10.1 Å². The summed E-state index contributed by atoms with van der Waals surface area (Å²) in [5, 5.41) is 38.1. The van der Waals surface area contributed by atoms with Crippen LogP contribution in [0.1, 0.15) is 31.1 Å². The zero-order valence-electron chi connectivity index (χ0n) is 11.8. The Morgan fingerprint density at radius 3 is 1.75 bits per heavy atom. The number of aromatic carboxylic acids is 3. The number of nitro groups is 1. The molecule has 0 saturated heterocycles. The van der Waals surface area contributed by atoms with Gasteiger partial charge >= 0.3 is 17.9 Å². The molecule has 0 aliphatic heterocycles. The van der Waals surface area contributed by atoms with Gasteiger partial charge in [0.15, 0.2) is 0 Å². The molecule has 0 radical (unpaired) electrons. The molecule has 0 aliphatic carbocycles. The molecule has 24 heavy (non-hydrogen) atoms. The molecule has 122 valence electrons. The first kappa shape index (κ1) is 16.6. The van der Waals surface area contributed by atoms with E-state index in [2.05, 4.69) is 0 Å². The summed E-state index contributed by atoms with van der Waals surface area (Å²) in [5.74, 6) is -4.22. The Kier molecular flexibility index (Phi) is 4.27. The topological polar surface area (TPSA) is 155 Å². The minimum absolute atomic E-state index is 0.104. The van der Waals surface area contributed by atoms with Crippen molar-refractivity contribution in [1.29, 1.82) is 0 Å². The van der Waals surface area contributed by atoms with Gasteiger partial charge in [0.2, 0.25) is 0 Å². The predicted octanol–water partition coefficient (Wildman–Crippen LogP) is 2.36. The minimum Gasteiger partial charge on any atom is -0.478 e. The number of nitrogens with zero attached hydrogens (tertiary/aromatic N) is 1. The third-order valence-electron chi connectivity index (χ3n) is 3.19. The fraction of sp³-hybridized carbons (Fsp3) is 0. The highest BCUT2D eigenvalue weighted by Crippen LogP contribution is 2.29. The van der Waals surface area contributed by atoms with Gasteiger partial charge in [-0.3, -0.25) is 10.1 Å². The normalized spacial score (nSPS) is 10.2. The van der Waals surface area contributed by atoms with E-state index in [1.165, 1.54) is 6.07 Å². The van der Waals surface area contributed by atoms with E-state index in [4.69, 9.17) is 15.3 Å². The van der Waals surface area contributed by atoms with E-state index in [0.717, 1.165) is 30.3 Å². The summed E-state index contributed by atoms with van der Waals surface area (Å²) in [7, 11) is 0. The van der Waals surface area contributed by atoms with E-state index in [1.807, 2.05) is 0 Å². The first-order valence-electron chi connectivity index (χ1n) is 6.34. The van der Waals surface area contributed by atoms with Gasteiger partial charge in [-0.05, 0) is 35.4 Å². The van der Waals surface area contributed by atoms with Crippen LogP contribution >= 0.6 is 0 Å². The lowest BCUT2D eigenvalue weighted by Crippen LogP contribution is -2.04. The van der Waals surface area contributed by atoms with Crippen LogP contribution in [-0.4, -0.2) is 38.2 Å². The fourth-order valence-electron chi connectivity index (χ4n) is 2.08. The second kappa shape index (κ2) is 6.16. The van der Waals surface area contributed by atoms with Gasteiger partial charge < -0.3 is 15.3 Å². The Morgan fingerprint density at radius 1 is 0.792 bits per heavy atom. The average molecular weight is 331 g/mol. The van der Waals surface area contributed by atoms with Crippen molar-refractivity contribution in [3.05, 3.63) is 63.2 Å². The van der Waals surface area contributed by atoms with Crippen LogP contribution in [0.15, 0.2) is 36.4 Å². The third kappa shape index (κ3) is 3.19. The first-order chi connectivity index (χ1) is 11.2. The second-order valence-corrected chi connectivity index (χ2v) is 4.70. The lowest BCUT2D eigenvalue weighted by molar-refractivity contribution is -0.385. The van der Waals surface area contributed by atoms with Gasteiger partial charge in [0.05, 0.1) is 16.1 Å². The van der Waals surface area contributed by atoms with Crippen LogP contribution in [0.3, 0.4) is 0 Å². The Balaban J connectivity index is 2.69. The van der Waals surface area contributed by atoms with Gasteiger partial charge in [-0.2, -0.15) is 0 Å². The fourth-order valence-corrected chi connectivity index (χ4v) is 2.08. The maximum atomic E-state index is 11.1. The molecule has 0 atom stereocenters. The smallest absolute Gasteiger partial charge is 0.342 e. The van der Waals surface area contributed by atoms with Gasteiger partial charge in [0.1, 0.15) is 5.56 Å². The molecular weight excluding hydrogens is 322 g/mol. The molecule has 0 fully saturated rings. The summed E-state index contributed by atoms with van der Waals surface area (Å²) in [5.41, 5.74) is -1.61. The highest BCUT2D eigenvalue weighted by molar-refractivity contribution is 5.97. The molecule has 0 heterocycles. The summed E-state index contributed by atoms with van der Waals surface area (Å²) in [6.45, 7) is 0. The van der Waals surface area contributed by atoms with Gasteiger partial charge in [-0.25, -0.2) is 14.4 Å². The zero-order chi connectivity index (χ0) is 18.0. The van der Waals surface area contributed by atoms with E-state index in [-0.39, 0.29) is 22.3 Å². The molecule has 0 amide bonds. The number of rotatable bonds is 5. The molecule has 0 saturated carbocycles. The second-order valence-electron chi connectivity index (χ2n) is 4.70. The summed E-state index contributed by atoms with van der Waals surface area (Å²) in [6.07, 6.45) is 0. The van der Waals surface area contributed by atoms with Crippen molar-refractivity contribution in [2.45, 2.75) is 0 Å². The molecule has 2 rings (SSSR count). The van der Waals surface area contributed by atoms with Crippen LogP contribution in [-0.2, 0) is 0 Å². The quantitative estimate of drug-likeness (QED) is 0.557. The lowest BCUT2D eigenvalue weighted by atomic mass is 9.98. The van der Waals surface area contributed by atoms with Crippen molar-refractivity contribution in [2.75, 3.05) is 0 Å². The van der Waals surface area contributed by atoms with Gasteiger partial charge in [0.25, 0.3) is 5.69 Å². The number of hydrogen-bond acceptors (Lipinski definition) is 5. The Labute approximate surface area is 133 Å². The van der Waals surface area contributed by atoms with Crippen molar-refractivity contribution in [3.8, 4) is 11.1 Å². The molecular formula is C15H9NO8. The molecule has 2 aromatic carbocycles. The standard InChI is InChI=1S/C15H9NO8/c17-13(18)9-3-8(4-10(5-9)14(19)20)7-1-2-11(15(21)22)12(6-7)16(23)24/h1-6H,(H,17,18)(H,19,20)(H,21,22). The number of carboxylic acid groups (broad SMARTS) is 3. The molecule has 9 nitrogen and oxygen atoms in total. The van der Waals surface area contributed by atoms with E-state index < -0.39 is 34.1 Å². The third-order valence-corrected chi connectivity index (χ3v) is 3.19. The SMILES string of the molecule is O=C(O)c1cc(C(=O)O)cc(-c2ccc(C(=O)O)c([N+](=O)[O-])c2)c1. The van der Waals surface area contributed by atoms with Crippen molar-refractivity contribution in [2.24, 2.45) is 0 Å². The largest absolute Gasteiger partial charge is 0.478 e. The van der Waals surface area contributed by atoms with E-state index in [0.29, 0.717) is 0 Å². The average Bonchev–Trinajstić information content (AvgIpc) is 2.53. The Morgan fingerprint density at radius 2 is 1.33 bits per heavy atom. The molecule has 2 aromatic rings. The summed E-state index contributed by atoms with van der Waals surface area (Å²) in [4.78, 5) is 43.3. The molecule has 0 unspecified atom stereocenters. The molecule has 9 heteroatoms. The predicted molar refractivity (Wildman–Crippen MR) is 79.4 cm³/mol. The summed E-state index contributed by atoms with van der Waals surface area (Å²) >= 11 is 0. The van der Waals surface area contributed by atoms with Crippen molar-refractivity contribution < 1.29 is 34.6 Å². The van der Waals surface area contributed by atoms with Crippen molar-refractivity contribution in [1.82, 2.24) is 0 Å². The summed E-state index contributed by atoms with van der Waals surface area (Å²) in [6, 6.07) is 6.44. The van der Waals surface area contributed by atoms with Gasteiger partial charge in [-0.1, -0.05) is 6.07 Å². The highest BCUT2D eigenvalue weighted by Gasteiger charge is 2.21. The van der Waals surface area contributed by atoms with E-state index in [9.17, 15) is 24.5 Å². The number of hydrogen-bond donors (Lipinski definition) is 3. The number of nitro benzene ring substituents is 1. The highest BCUT2D eigenvalue weighted by atomic mass is 16.6. The van der Waals surface area contributed by atoms with Crippen LogP contribution in [0.5, 0.6) is 0 Å². The Bertz CT molecular complexity index is 855. The van der Waals surface area contributed by atoms with E-state index in [1.54, 1.807) is 0 Å². The van der Waals surface area contributed by atoms with Crippen molar-refractivity contribution >= 4 is 23.6 Å². The molecule has 0 aromatic heterocycles. The number of carboxylic acids is 3. The van der Waals surface area contributed by atoms with Crippen LogP contribution < -0.4 is 0 Å². The zero-order valence-corrected chi connectivity index (χ0v) is 11.8. The van der Waals surface area contributed by atoms with E-state index >= 15 is 0 Å². The van der Waals surface area contributed by atoms with Crippen molar-refractivity contribution in [3.63, 3.8) is 0 Å².